The second-order valence-electron chi connectivity index (χ2n) is 10.8. The lowest BCUT2D eigenvalue weighted by atomic mass is 9.87. The molecule has 4 aromatic rings. The number of amides is 1. The van der Waals surface area contributed by atoms with E-state index in [9.17, 15) is 13.2 Å². The van der Waals surface area contributed by atoms with Gasteiger partial charge in [0.2, 0.25) is 15.9 Å². The number of carbonyl (C=O) groups is 1. The molecule has 2 aliphatic rings. The molecule has 3 atom stereocenters. The largest absolute Gasteiger partial charge is 0.306 e. The van der Waals surface area contributed by atoms with E-state index in [4.69, 9.17) is 0 Å². The topological polar surface area (TPSA) is 79.4 Å². The molecule has 204 valence electrons. The van der Waals surface area contributed by atoms with Crippen LogP contribution in [-0.2, 0) is 27.8 Å². The van der Waals surface area contributed by atoms with Gasteiger partial charge in [0.25, 0.3) is 0 Å². The maximum Gasteiger partial charge on any atom is 0.241 e. The van der Waals surface area contributed by atoms with Crippen molar-refractivity contribution in [3.8, 4) is 0 Å². The fourth-order valence-electron chi connectivity index (χ4n) is 5.81. The first-order valence-corrected chi connectivity index (χ1v) is 15.4. The van der Waals surface area contributed by atoms with Crippen LogP contribution in [0.25, 0.3) is 0 Å². The molecule has 1 amide bonds. The Balaban J connectivity index is 1.32. The Morgan fingerprint density at radius 2 is 1.70 bits per heavy atom. The summed E-state index contributed by atoms with van der Waals surface area (Å²) in [6, 6.07) is 30.3. The van der Waals surface area contributed by atoms with Crippen LogP contribution in [0.15, 0.2) is 102 Å². The minimum absolute atomic E-state index is 0.0781. The molecule has 0 bridgehead atoms. The first-order chi connectivity index (χ1) is 19.4. The van der Waals surface area contributed by atoms with Crippen LogP contribution in [-0.4, -0.2) is 19.3 Å². The van der Waals surface area contributed by atoms with Crippen LogP contribution in [0.1, 0.15) is 59.3 Å². The molecular weight excluding hydrogens is 518 g/mol. The second kappa shape index (κ2) is 11.0. The third kappa shape index (κ3) is 5.58. The smallest absolute Gasteiger partial charge is 0.241 e. The molecule has 0 saturated heterocycles. The van der Waals surface area contributed by atoms with Gasteiger partial charge in [0.15, 0.2) is 0 Å². The van der Waals surface area contributed by atoms with Gasteiger partial charge in [-0.2, -0.15) is 0 Å². The number of aryl methyl sites for hydroxylation is 2. The zero-order chi connectivity index (χ0) is 27.7. The summed E-state index contributed by atoms with van der Waals surface area (Å²) in [6.45, 7) is 2.31. The maximum atomic E-state index is 14.0. The van der Waals surface area contributed by atoms with E-state index in [2.05, 4.69) is 27.9 Å². The number of carbonyl (C=O) groups excluding carboxylic acids is 1. The summed E-state index contributed by atoms with van der Waals surface area (Å²) in [7, 11) is -3.69. The van der Waals surface area contributed by atoms with Crippen LogP contribution in [0.3, 0.4) is 0 Å². The molecule has 6 rings (SSSR count). The van der Waals surface area contributed by atoms with Crippen molar-refractivity contribution in [1.29, 1.82) is 0 Å². The Hall–Kier alpha value is -3.81. The number of rotatable bonds is 8. The van der Waals surface area contributed by atoms with Crippen molar-refractivity contribution >= 4 is 21.6 Å². The average Bonchev–Trinajstić information content (AvgIpc) is 3.78. The number of sulfonamides is 1. The van der Waals surface area contributed by atoms with E-state index in [1.807, 2.05) is 60.4 Å². The number of benzene rings is 3. The molecule has 1 heterocycles. The monoisotopic (exact) mass is 551 g/mol. The number of aromatic nitrogens is 1. The quantitative estimate of drug-likeness (QED) is 0.288. The standard InChI is InChI=1S/C33H33N3O3S/c1-23-10-8-14-26(34-23)22-36(33(37)31-21-29(31)24-11-4-2-5-12-24)27-19-18-25-13-9-17-32(30(25)20-27)35-40(38,39)28-15-6-3-7-16-28/h2-8,10-12,14-16,18-20,29,31-32,35H,9,13,17,21-22H2,1H3/t29-,31-,32-/m1/s1. The highest BCUT2D eigenvalue weighted by Crippen LogP contribution is 2.49. The lowest BCUT2D eigenvalue weighted by Crippen LogP contribution is -2.34. The van der Waals surface area contributed by atoms with Crippen molar-refractivity contribution in [1.82, 2.24) is 9.71 Å². The van der Waals surface area contributed by atoms with E-state index in [0.29, 0.717) is 13.0 Å². The van der Waals surface area contributed by atoms with Crippen LogP contribution in [0, 0.1) is 12.8 Å². The Morgan fingerprint density at radius 1 is 0.950 bits per heavy atom. The number of nitrogens with zero attached hydrogens (tertiary/aromatic N) is 2. The number of hydrogen-bond donors (Lipinski definition) is 1. The Morgan fingerprint density at radius 3 is 2.45 bits per heavy atom. The van der Waals surface area contributed by atoms with Crippen molar-refractivity contribution in [3.63, 3.8) is 0 Å². The highest BCUT2D eigenvalue weighted by Gasteiger charge is 2.46. The number of hydrogen-bond acceptors (Lipinski definition) is 4. The summed E-state index contributed by atoms with van der Waals surface area (Å²) in [6.07, 6.45) is 3.30. The summed E-state index contributed by atoms with van der Waals surface area (Å²) in [5, 5.41) is 0. The summed E-state index contributed by atoms with van der Waals surface area (Å²) >= 11 is 0. The zero-order valence-electron chi connectivity index (χ0n) is 22.5. The SMILES string of the molecule is Cc1cccc(CN(C(=O)[C@@H]2C[C@@H]2c2ccccc2)c2ccc3c(c2)[C@H](NS(=O)(=O)c2ccccc2)CCC3)n1. The van der Waals surface area contributed by atoms with Crippen molar-refractivity contribution < 1.29 is 13.2 Å². The molecule has 7 heteroatoms. The molecule has 1 N–H and O–H groups in total. The number of nitrogens with one attached hydrogen (secondary N) is 1. The molecule has 1 fully saturated rings. The van der Waals surface area contributed by atoms with Crippen LogP contribution in [0.2, 0.25) is 0 Å². The minimum atomic E-state index is -3.69. The number of pyridine rings is 1. The maximum absolute atomic E-state index is 14.0. The molecule has 6 nitrogen and oxygen atoms in total. The Kier molecular flexibility index (Phi) is 7.26. The Bertz CT molecular complexity index is 1620. The summed E-state index contributed by atoms with van der Waals surface area (Å²) < 4.78 is 29.3. The van der Waals surface area contributed by atoms with Crippen LogP contribution in [0.4, 0.5) is 5.69 Å². The molecular formula is C33H33N3O3S. The van der Waals surface area contributed by atoms with E-state index in [1.54, 1.807) is 30.3 Å². The molecule has 1 saturated carbocycles. The van der Waals surface area contributed by atoms with Gasteiger partial charge in [-0.15, -0.1) is 0 Å². The van der Waals surface area contributed by atoms with Crippen LogP contribution < -0.4 is 9.62 Å². The van der Waals surface area contributed by atoms with Gasteiger partial charge in [-0.25, -0.2) is 13.1 Å². The van der Waals surface area contributed by atoms with E-state index < -0.39 is 10.0 Å². The normalized spacial score (nSPS) is 20.0. The number of fused-ring (bicyclic) bond motifs is 1. The molecule has 3 aromatic carbocycles. The minimum Gasteiger partial charge on any atom is -0.306 e. The lowest BCUT2D eigenvalue weighted by Gasteiger charge is -2.29. The number of anilines is 1. The Labute approximate surface area is 236 Å². The highest BCUT2D eigenvalue weighted by atomic mass is 32.2. The van der Waals surface area contributed by atoms with Gasteiger partial charge in [0, 0.05) is 23.3 Å². The zero-order valence-corrected chi connectivity index (χ0v) is 23.3. The van der Waals surface area contributed by atoms with Gasteiger partial charge in [0.1, 0.15) is 0 Å². The molecule has 0 unspecified atom stereocenters. The highest BCUT2D eigenvalue weighted by molar-refractivity contribution is 7.89. The van der Waals surface area contributed by atoms with E-state index in [-0.39, 0.29) is 28.7 Å². The first kappa shape index (κ1) is 26.4. The second-order valence-corrected chi connectivity index (χ2v) is 12.5. The summed E-state index contributed by atoms with van der Waals surface area (Å²) in [5.41, 5.74) is 5.74. The molecule has 0 spiro atoms. The van der Waals surface area contributed by atoms with Gasteiger partial charge in [-0.3, -0.25) is 9.78 Å². The van der Waals surface area contributed by atoms with Crippen LogP contribution >= 0.6 is 0 Å². The molecule has 1 aromatic heterocycles. The van der Waals surface area contributed by atoms with Crippen molar-refractivity contribution in [2.24, 2.45) is 5.92 Å². The average molecular weight is 552 g/mol. The molecule has 2 aliphatic carbocycles. The van der Waals surface area contributed by atoms with Crippen molar-refractivity contribution in [3.05, 3.63) is 125 Å². The third-order valence-corrected chi connectivity index (χ3v) is 9.46. The van der Waals surface area contributed by atoms with Gasteiger partial charge in [-0.1, -0.05) is 60.7 Å². The third-order valence-electron chi connectivity index (χ3n) is 7.97. The van der Waals surface area contributed by atoms with Gasteiger partial charge >= 0.3 is 0 Å². The van der Waals surface area contributed by atoms with Crippen molar-refractivity contribution in [2.75, 3.05) is 4.90 Å². The van der Waals surface area contributed by atoms with E-state index in [1.165, 1.54) is 5.56 Å². The molecule has 0 aliphatic heterocycles. The van der Waals surface area contributed by atoms with E-state index >= 15 is 0 Å². The van der Waals surface area contributed by atoms with Crippen molar-refractivity contribution in [2.45, 2.75) is 56.0 Å². The fraction of sp³-hybridized carbons (Fsp3) is 0.273. The fourth-order valence-corrected chi connectivity index (χ4v) is 7.09. The first-order valence-electron chi connectivity index (χ1n) is 13.9. The molecule has 40 heavy (non-hydrogen) atoms. The van der Waals surface area contributed by atoms with E-state index in [0.717, 1.165) is 47.5 Å². The molecule has 0 radical (unpaired) electrons. The van der Waals surface area contributed by atoms with Gasteiger partial charge < -0.3 is 4.90 Å². The van der Waals surface area contributed by atoms with Crippen LogP contribution in [0.5, 0.6) is 0 Å². The summed E-state index contributed by atoms with van der Waals surface area (Å²) in [5.74, 6) is 0.203. The van der Waals surface area contributed by atoms with Gasteiger partial charge in [0.05, 0.1) is 17.1 Å². The lowest BCUT2D eigenvalue weighted by molar-refractivity contribution is -0.120. The predicted octanol–water partition coefficient (Wildman–Crippen LogP) is 6.08. The summed E-state index contributed by atoms with van der Waals surface area (Å²) in [4.78, 5) is 20.8. The van der Waals surface area contributed by atoms with Gasteiger partial charge in [-0.05, 0) is 91.6 Å². The predicted molar refractivity (Wildman–Crippen MR) is 156 cm³/mol.